The fourth-order valence-electron chi connectivity index (χ4n) is 2.18. The number of carbonyl (C=O) groups excluding carboxylic acids is 1. The first kappa shape index (κ1) is 17.3. The van der Waals surface area contributed by atoms with Gasteiger partial charge in [-0.15, -0.1) is 0 Å². The van der Waals surface area contributed by atoms with Gasteiger partial charge >= 0.3 is 0 Å². The molecule has 7 heteroatoms. The first-order valence-electron chi connectivity index (χ1n) is 7.19. The number of carbonyl (C=O) groups is 1. The summed E-state index contributed by atoms with van der Waals surface area (Å²) < 4.78 is 13.2. The molecule has 0 bridgehead atoms. The Hall–Kier alpha value is -2.02. The van der Waals surface area contributed by atoms with E-state index in [1.54, 1.807) is 37.3 Å². The van der Waals surface area contributed by atoms with Gasteiger partial charge in [0.2, 0.25) is 0 Å². The van der Waals surface area contributed by atoms with Gasteiger partial charge in [-0.25, -0.2) is 0 Å². The van der Waals surface area contributed by atoms with Gasteiger partial charge in [0, 0.05) is 25.9 Å². The fraction of sp³-hybridized carbons (Fsp3) is 0.375. The van der Waals surface area contributed by atoms with Gasteiger partial charge < -0.3 is 14.4 Å². The molecular weight excluding hydrogens is 362 g/mol. The van der Waals surface area contributed by atoms with E-state index in [2.05, 4.69) is 21.0 Å². The summed E-state index contributed by atoms with van der Waals surface area (Å²) >= 11 is 3.48. The van der Waals surface area contributed by atoms with Crippen LogP contribution in [0.4, 0.5) is 0 Å². The number of aryl methyl sites for hydroxylation is 1. The van der Waals surface area contributed by atoms with Crippen LogP contribution in [0.25, 0.3) is 0 Å². The summed E-state index contributed by atoms with van der Waals surface area (Å²) in [5, 5.41) is 4.44. The maximum Gasteiger partial charge on any atom is 0.257 e. The van der Waals surface area contributed by atoms with Gasteiger partial charge in [0.25, 0.3) is 5.91 Å². The van der Waals surface area contributed by atoms with E-state index in [0.29, 0.717) is 23.6 Å². The van der Waals surface area contributed by atoms with Gasteiger partial charge in [-0.3, -0.25) is 9.48 Å². The lowest BCUT2D eigenvalue weighted by atomic mass is 10.1. The summed E-state index contributed by atoms with van der Waals surface area (Å²) in [6.45, 7) is 3.20. The zero-order valence-corrected chi connectivity index (χ0v) is 15.3. The van der Waals surface area contributed by atoms with E-state index >= 15 is 0 Å². The fourth-order valence-corrected chi connectivity index (χ4v) is 2.62. The molecule has 1 aromatic heterocycles. The van der Waals surface area contributed by atoms with Gasteiger partial charge in [0.05, 0.1) is 36.5 Å². The van der Waals surface area contributed by atoms with Crippen molar-refractivity contribution in [2.45, 2.75) is 20.0 Å². The maximum absolute atomic E-state index is 12.7. The molecule has 0 aliphatic heterocycles. The van der Waals surface area contributed by atoms with Gasteiger partial charge in [0.1, 0.15) is 11.5 Å². The quantitative estimate of drug-likeness (QED) is 0.771. The van der Waals surface area contributed by atoms with E-state index in [0.717, 1.165) is 16.7 Å². The summed E-state index contributed by atoms with van der Waals surface area (Å²) in [5.41, 5.74) is 1.30. The average Bonchev–Trinajstić information content (AvgIpc) is 2.93. The highest BCUT2D eigenvalue weighted by molar-refractivity contribution is 9.10. The molecule has 124 valence electrons. The van der Waals surface area contributed by atoms with Crippen molar-refractivity contribution >= 4 is 21.8 Å². The van der Waals surface area contributed by atoms with Crippen molar-refractivity contribution in [3.63, 3.8) is 0 Å². The Morgan fingerprint density at radius 3 is 2.65 bits per heavy atom. The Morgan fingerprint density at radius 1 is 1.35 bits per heavy atom. The first-order chi connectivity index (χ1) is 11.0. The Labute approximate surface area is 144 Å². The minimum absolute atomic E-state index is 0.137. The highest BCUT2D eigenvalue weighted by atomic mass is 79.9. The van der Waals surface area contributed by atoms with Gasteiger partial charge in [0.15, 0.2) is 0 Å². The van der Waals surface area contributed by atoms with Crippen molar-refractivity contribution in [2.24, 2.45) is 0 Å². The molecule has 0 N–H and O–H groups in total. The monoisotopic (exact) mass is 381 g/mol. The third-order valence-electron chi connectivity index (χ3n) is 3.48. The van der Waals surface area contributed by atoms with E-state index in [4.69, 9.17) is 9.47 Å². The zero-order chi connectivity index (χ0) is 17.0. The van der Waals surface area contributed by atoms with Crippen LogP contribution in [-0.2, 0) is 13.1 Å². The smallest absolute Gasteiger partial charge is 0.257 e. The molecule has 2 aromatic rings. The molecule has 1 aromatic carbocycles. The van der Waals surface area contributed by atoms with Crippen LogP contribution in [0, 0.1) is 0 Å². The van der Waals surface area contributed by atoms with Crippen LogP contribution in [0.3, 0.4) is 0 Å². The number of benzene rings is 1. The van der Waals surface area contributed by atoms with Gasteiger partial charge in [-0.1, -0.05) is 0 Å². The number of hydrogen-bond acceptors (Lipinski definition) is 4. The van der Waals surface area contributed by atoms with Gasteiger partial charge in [-0.05, 0) is 35.0 Å². The Morgan fingerprint density at radius 2 is 2.09 bits per heavy atom. The predicted octanol–water partition coefficient (Wildman–Crippen LogP) is 2.95. The van der Waals surface area contributed by atoms with E-state index in [-0.39, 0.29) is 5.91 Å². The van der Waals surface area contributed by atoms with Crippen LogP contribution in [0.2, 0.25) is 0 Å². The second-order valence-electron chi connectivity index (χ2n) is 5.01. The number of amides is 1. The molecule has 23 heavy (non-hydrogen) atoms. The molecule has 0 spiro atoms. The van der Waals surface area contributed by atoms with Crippen LogP contribution in [0.1, 0.15) is 23.0 Å². The maximum atomic E-state index is 12.7. The molecule has 0 aliphatic rings. The Kier molecular flexibility index (Phi) is 5.65. The lowest BCUT2D eigenvalue weighted by molar-refractivity contribution is 0.0779. The molecule has 6 nitrogen and oxygen atoms in total. The number of rotatable bonds is 6. The molecule has 0 atom stereocenters. The number of methoxy groups -OCH3 is 2. The highest BCUT2D eigenvalue weighted by Crippen LogP contribution is 2.26. The van der Waals surface area contributed by atoms with Crippen molar-refractivity contribution < 1.29 is 14.3 Å². The van der Waals surface area contributed by atoms with Crippen molar-refractivity contribution in [3.05, 3.63) is 40.1 Å². The third-order valence-corrected chi connectivity index (χ3v) is 4.15. The van der Waals surface area contributed by atoms with E-state index in [9.17, 15) is 4.79 Å². The predicted molar refractivity (Wildman–Crippen MR) is 90.9 cm³/mol. The Bertz CT molecular complexity index is 700. The minimum Gasteiger partial charge on any atom is -0.497 e. The summed E-state index contributed by atoms with van der Waals surface area (Å²) in [4.78, 5) is 14.3. The van der Waals surface area contributed by atoms with E-state index in [1.807, 2.05) is 17.8 Å². The third kappa shape index (κ3) is 3.85. The van der Waals surface area contributed by atoms with Crippen molar-refractivity contribution in [3.8, 4) is 11.5 Å². The number of halogens is 1. The SMILES string of the molecule is CCn1cc(Br)c(CN(C)C(=O)c2ccc(OC)cc2OC)n1. The number of aromatic nitrogens is 2. The van der Waals surface area contributed by atoms with Crippen molar-refractivity contribution in [1.82, 2.24) is 14.7 Å². The number of ether oxygens (including phenoxy) is 2. The van der Waals surface area contributed by atoms with Crippen molar-refractivity contribution in [2.75, 3.05) is 21.3 Å². The molecule has 2 rings (SSSR count). The number of hydrogen-bond donors (Lipinski definition) is 0. The molecule has 1 heterocycles. The topological polar surface area (TPSA) is 56.6 Å². The van der Waals surface area contributed by atoms with Crippen LogP contribution in [0.5, 0.6) is 11.5 Å². The summed E-state index contributed by atoms with van der Waals surface area (Å²) in [5.74, 6) is 0.993. The summed E-state index contributed by atoms with van der Waals surface area (Å²) in [6.07, 6.45) is 1.90. The molecule has 0 aliphatic carbocycles. The van der Waals surface area contributed by atoms with Crippen LogP contribution in [0.15, 0.2) is 28.9 Å². The number of nitrogens with zero attached hydrogens (tertiary/aromatic N) is 3. The molecule has 0 fully saturated rings. The Balaban J connectivity index is 2.20. The lowest BCUT2D eigenvalue weighted by Crippen LogP contribution is -2.27. The molecular formula is C16H20BrN3O3. The molecule has 0 radical (unpaired) electrons. The zero-order valence-electron chi connectivity index (χ0n) is 13.7. The first-order valence-corrected chi connectivity index (χ1v) is 7.98. The second kappa shape index (κ2) is 7.50. The average molecular weight is 382 g/mol. The minimum atomic E-state index is -0.137. The molecule has 0 saturated carbocycles. The second-order valence-corrected chi connectivity index (χ2v) is 5.86. The standard InChI is InChI=1S/C16H20BrN3O3/c1-5-20-9-13(17)14(18-20)10-19(2)16(21)12-7-6-11(22-3)8-15(12)23-4/h6-9H,5,10H2,1-4H3. The van der Waals surface area contributed by atoms with Crippen molar-refractivity contribution in [1.29, 1.82) is 0 Å². The summed E-state index contributed by atoms with van der Waals surface area (Å²) in [7, 11) is 4.85. The summed E-state index contributed by atoms with van der Waals surface area (Å²) in [6, 6.07) is 5.14. The molecule has 1 amide bonds. The molecule has 0 unspecified atom stereocenters. The van der Waals surface area contributed by atoms with Crippen LogP contribution >= 0.6 is 15.9 Å². The highest BCUT2D eigenvalue weighted by Gasteiger charge is 2.19. The van der Waals surface area contributed by atoms with E-state index < -0.39 is 0 Å². The van der Waals surface area contributed by atoms with E-state index in [1.165, 1.54) is 7.11 Å². The normalized spacial score (nSPS) is 10.5. The molecule has 0 saturated heterocycles. The van der Waals surface area contributed by atoms with Gasteiger partial charge in [-0.2, -0.15) is 5.10 Å². The lowest BCUT2D eigenvalue weighted by Gasteiger charge is -2.18. The van der Waals surface area contributed by atoms with Crippen LogP contribution in [-0.4, -0.2) is 41.9 Å². The van der Waals surface area contributed by atoms with Crippen LogP contribution < -0.4 is 9.47 Å². The largest absolute Gasteiger partial charge is 0.497 e.